The summed E-state index contributed by atoms with van der Waals surface area (Å²) < 4.78 is 1.56. The van der Waals surface area contributed by atoms with Crippen molar-refractivity contribution in [2.24, 2.45) is 0 Å². The van der Waals surface area contributed by atoms with Gasteiger partial charge in [0.2, 0.25) is 10.8 Å². The van der Waals surface area contributed by atoms with Crippen molar-refractivity contribution in [3.63, 3.8) is 0 Å². The van der Waals surface area contributed by atoms with Crippen molar-refractivity contribution in [2.75, 3.05) is 13.1 Å². The van der Waals surface area contributed by atoms with Gasteiger partial charge < -0.3 is 5.11 Å². The van der Waals surface area contributed by atoms with Crippen molar-refractivity contribution < 1.29 is 5.11 Å². The van der Waals surface area contributed by atoms with E-state index >= 15 is 0 Å². The van der Waals surface area contributed by atoms with E-state index in [1.54, 1.807) is 4.52 Å². The summed E-state index contributed by atoms with van der Waals surface area (Å²) in [6.07, 6.45) is 2.42. The third kappa shape index (κ3) is 2.19. The van der Waals surface area contributed by atoms with Gasteiger partial charge in [0, 0.05) is 0 Å². The molecule has 1 N–H and O–H groups in total. The van der Waals surface area contributed by atoms with Crippen LogP contribution in [0.15, 0.2) is 30.3 Å². The van der Waals surface area contributed by atoms with Crippen molar-refractivity contribution >= 4 is 16.3 Å². The van der Waals surface area contributed by atoms with E-state index in [1.165, 1.54) is 29.7 Å². The van der Waals surface area contributed by atoms with Crippen LogP contribution in [-0.2, 0) is 0 Å². The number of nitrogens with zero attached hydrogens (tertiary/aromatic N) is 4. The second-order valence-electron chi connectivity index (χ2n) is 5.70. The van der Waals surface area contributed by atoms with E-state index in [9.17, 15) is 5.11 Å². The van der Waals surface area contributed by atoms with Crippen LogP contribution in [0.25, 0.3) is 4.96 Å². The average molecular weight is 314 g/mol. The number of aryl methyl sites for hydroxylation is 1. The molecule has 1 aliphatic rings. The maximum atomic E-state index is 10.6. The van der Waals surface area contributed by atoms with Crippen LogP contribution in [0, 0.1) is 6.92 Å². The summed E-state index contributed by atoms with van der Waals surface area (Å²) in [5.41, 5.74) is 1.21. The van der Waals surface area contributed by atoms with Crippen molar-refractivity contribution in [1.82, 2.24) is 19.5 Å². The van der Waals surface area contributed by atoms with Gasteiger partial charge in [-0.15, -0.1) is 5.10 Å². The first-order valence-corrected chi connectivity index (χ1v) is 8.40. The molecule has 3 heterocycles. The summed E-state index contributed by atoms with van der Waals surface area (Å²) in [5.74, 6) is 0.909. The molecule has 2 aromatic heterocycles. The fraction of sp³-hybridized carbons (Fsp3) is 0.375. The fourth-order valence-electron chi connectivity index (χ4n) is 3.19. The Hall–Kier alpha value is -1.92. The van der Waals surface area contributed by atoms with Crippen LogP contribution >= 0.6 is 11.3 Å². The standard InChI is InChI=1S/C16H18N4OS/c1-11-17-16-20(18-11)15(21)14(22-16)13(19-9-5-6-10-19)12-7-3-2-4-8-12/h2-4,7-8,13,21H,5-6,9-10H2,1H3. The SMILES string of the molecule is Cc1nc2sc(C(c3ccccc3)N3CCCC3)c(O)n2n1. The maximum absolute atomic E-state index is 10.6. The molecule has 1 saturated heterocycles. The summed E-state index contributed by atoms with van der Waals surface area (Å²) in [4.78, 5) is 8.52. The van der Waals surface area contributed by atoms with Gasteiger partial charge in [-0.3, -0.25) is 4.90 Å². The third-order valence-electron chi connectivity index (χ3n) is 4.18. The zero-order valence-electron chi connectivity index (χ0n) is 12.4. The number of aromatic nitrogens is 3. The van der Waals surface area contributed by atoms with E-state index in [4.69, 9.17) is 0 Å². The van der Waals surface area contributed by atoms with E-state index in [2.05, 4.69) is 39.2 Å². The molecule has 114 valence electrons. The van der Waals surface area contributed by atoms with Gasteiger partial charge in [0.1, 0.15) is 5.82 Å². The van der Waals surface area contributed by atoms with Crippen LogP contribution in [0.4, 0.5) is 0 Å². The third-order valence-corrected chi connectivity index (χ3v) is 5.25. The minimum Gasteiger partial charge on any atom is -0.492 e. The van der Waals surface area contributed by atoms with E-state index in [0.717, 1.165) is 22.9 Å². The summed E-state index contributed by atoms with van der Waals surface area (Å²) in [7, 11) is 0. The van der Waals surface area contributed by atoms with Gasteiger partial charge in [0.05, 0.1) is 10.9 Å². The molecule has 0 aliphatic carbocycles. The summed E-state index contributed by atoms with van der Waals surface area (Å²) in [6, 6.07) is 10.5. The first-order chi connectivity index (χ1) is 10.7. The van der Waals surface area contributed by atoms with E-state index in [0.29, 0.717) is 5.82 Å². The second kappa shape index (κ2) is 5.37. The topological polar surface area (TPSA) is 53.7 Å². The largest absolute Gasteiger partial charge is 0.492 e. The zero-order valence-corrected chi connectivity index (χ0v) is 13.3. The molecule has 22 heavy (non-hydrogen) atoms. The molecule has 3 aromatic rings. The van der Waals surface area contributed by atoms with E-state index in [-0.39, 0.29) is 11.9 Å². The minimum atomic E-state index is 0.0810. The molecule has 1 aliphatic heterocycles. The lowest BCUT2D eigenvalue weighted by molar-refractivity contribution is 0.277. The number of aromatic hydroxyl groups is 1. The van der Waals surface area contributed by atoms with Crippen LogP contribution in [-0.4, -0.2) is 37.7 Å². The molecule has 0 saturated carbocycles. The van der Waals surface area contributed by atoms with Crippen LogP contribution < -0.4 is 0 Å². The van der Waals surface area contributed by atoms with Crippen LogP contribution in [0.5, 0.6) is 5.88 Å². The lowest BCUT2D eigenvalue weighted by Gasteiger charge is -2.26. The number of hydrogen-bond acceptors (Lipinski definition) is 5. The molecule has 1 atom stereocenters. The molecule has 0 radical (unpaired) electrons. The van der Waals surface area contributed by atoms with Crippen LogP contribution in [0.3, 0.4) is 0 Å². The second-order valence-corrected chi connectivity index (χ2v) is 6.71. The number of thiazole rings is 1. The predicted octanol–water partition coefficient (Wildman–Crippen LogP) is 2.99. The molecule has 1 unspecified atom stereocenters. The predicted molar refractivity (Wildman–Crippen MR) is 86.4 cm³/mol. The quantitative estimate of drug-likeness (QED) is 0.807. The Morgan fingerprint density at radius 2 is 1.91 bits per heavy atom. The fourth-order valence-corrected chi connectivity index (χ4v) is 4.35. The van der Waals surface area contributed by atoms with Gasteiger partial charge in [-0.25, -0.2) is 4.98 Å². The Morgan fingerprint density at radius 3 is 2.59 bits per heavy atom. The molecule has 6 heteroatoms. The molecule has 0 bridgehead atoms. The van der Waals surface area contributed by atoms with Crippen molar-refractivity contribution in [1.29, 1.82) is 0 Å². The molecule has 4 rings (SSSR count). The molecular weight excluding hydrogens is 296 g/mol. The molecule has 1 aromatic carbocycles. The lowest BCUT2D eigenvalue weighted by Crippen LogP contribution is -2.26. The van der Waals surface area contributed by atoms with Gasteiger partial charge in [-0.1, -0.05) is 41.7 Å². The Morgan fingerprint density at radius 1 is 1.18 bits per heavy atom. The molecule has 5 nitrogen and oxygen atoms in total. The van der Waals surface area contributed by atoms with Gasteiger partial charge in [-0.2, -0.15) is 4.52 Å². The summed E-state index contributed by atoms with van der Waals surface area (Å²) in [6.45, 7) is 3.96. The normalized spacial score (nSPS) is 17.3. The number of benzene rings is 1. The van der Waals surface area contributed by atoms with Crippen LogP contribution in [0.2, 0.25) is 0 Å². The first-order valence-electron chi connectivity index (χ1n) is 7.58. The average Bonchev–Trinajstić information content (AvgIpc) is 3.22. The summed E-state index contributed by atoms with van der Waals surface area (Å²) >= 11 is 1.53. The van der Waals surface area contributed by atoms with Crippen LogP contribution in [0.1, 0.15) is 35.1 Å². The van der Waals surface area contributed by atoms with Crippen molar-refractivity contribution in [3.05, 3.63) is 46.6 Å². The highest BCUT2D eigenvalue weighted by Gasteiger charge is 2.30. The monoisotopic (exact) mass is 314 g/mol. The van der Waals surface area contributed by atoms with Gasteiger partial charge >= 0.3 is 0 Å². The lowest BCUT2D eigenvalue weighted by atomic mass is 10.0. The van der Waals surface area contributed by atoms with Gasteiger partial charge in [0.15, 0.2) is 0 Å². The highest BCUT2D eigenvalue weighted by Crippen LogP contribution is 2.40. The summed E-state index contributed by atoms with van der Waals surface area (Å²) in [5, 5.41) is 14.9. The minimum absolute atomic E-state index is 0.0810. The number of fused-ring (bicyclic) bond motifs is 1. The van der Waals surface area contributed by atoms with Crippen molar-refractivity contribution in [3.8, 4) is 5.88 Å². The first kappa shape index (κ1) is 13.7. The van der Waals surface area contributed by atoms with E-state index < -0.39 is 0 Å². The Balaban J connectivity index is 1.85. The van der Waals surface area contributed by atoms with Gasteiger partial charge in [-0.05, 0) is 38.4 Å². The van der Waals surface area contributed by atoms with Gasteiger partial charge in [0.25, 0.3) is 0 Å². The van der Waals surface area contributed by atoms with E-state index in [1.807, 2.05) is 13.0 Å². The highest BCUT2D eigenvalue weighted by atomic mass is 32.1. The highest BCUT2D eigenvalue weighted by molar-refractivity contribution is 7.17. The molecule has 0 amide bonds. The zero-order chi connectivity index (χ0) is 15.1. The Kier molecular flexibility index (Phi) is 3.35. The van der Waals surface area contributed by atoms with Crippen molar-refractivity contribution in [2.45, 2.75) is 25.8 Å². The Bertz CT molecular complexity index is 789. The smallest absolute Gasteiger partial charge is 0.230 e. The maximum Gasteiger partial charge on any atom is 0.230 e. The number of hydrogen-bond donors (Lipinski definition) is 1. The number of likely N-dealkylation sites (tertiary alicyclic amines) is 1. The Labute approximate surface area is 132 Å². The molecule has 1 fully saturated rings. The number of rotatable bonds is 3. The molecular formula is C16H18N4OS. The molecule has 0 spiro atoms.